The van der Waals surface area contributed by atoms with Gasteiger partial charge in [0.25, 0.3) is 5.91 Å². The molecule has 0 fully saturated rings. The van der Waals surface area contributed by atoms with Crippen molar-refractivity contribution < 1.29 is 14.3 Å². The van der Waals surface area contributed by atoms with Gasteiger partial charge in [-0.05, 0) is 64.2 Å². The van der Waals surface area contributed by atoms with Gasteiger partial charge in [0.15, 0.2) is 0 Å². The summed E-state index contributed by atoms with van der Waals surface area (Å²) in [5.74, 6) is 1.74. The van der Waals surface area contributed by atoms with Crippen molar-refractivity contribution in [3.05, 3.63) is 88.4 Å². The molecule has 0 saturated carbocycles. The van der Waals surface area contributed by atoms with Crippen molar-refractivity contribution in [2.45, 2.75) is 26.9 Å². The fourth-order valence-electron chi connectivity index (χ4n) is 2.79. The van der Waals surface area contributed by atoms with Crippen LogP contribution in [0.2, 0.25) is 0 Å². The van der Waals surface area contributed by atoms with E-state index in [2.05, 4.69) is 35.1 Å². The standard InChI is InChI=1S/C25H26BrNO3/c1-18(2)14-15-29-23-13-12-20(16-21(23)26)25(28)27-22-10-6-7-11-24(22)30-17-19-8-4-3-5-9-19/h3-13,16,18H,14-15,17H2,1-2H3,(H,27,28). The summed E-state index contributed by atoms with van der Waals surface area (Å²) in [6, 6.07) is 22.7. The molecule has 0 unspecified atom stereocenters. The van der Waals surface area contributed by atoms with Gasteiger partial charge in [-0.3, -0.25) is 4.79 Å². The molecule has 0 saturated heterocycles. The van der Waals surface area contributed by atoms with Crippen LogP contribution in [0.5, 0.6) is 11.5 Å². The van der Waals surface area contributed by atoms with Crippen molar-refractivity contribution in [2.24, 2.45) is 5.92 Å². The second kappa shape index (κ2) is 10.8. The first-order chi connectivity index (χ1) is 14.5. The number of hydrogen-bond donors (Lipinski definition) is 1. The lowest BCUT2D eigenvalue weighted by Crippen LogP contribution is -2.13. The molecule has 0 aliphatic rings. The SMILES string of the molecule is CC(C)CCOc1ccc(C(=O)Nc2ccccc2OCc2ccccc2)cc1Br. The van der Waals surface area contributed by atoms with Crippen LogP contribution in [-0.2, 0) is 6.61 Å². The molecule has 156 valence electrons. The number of amides is 1. The topological polar surface area (TPSA) is 47.6 Å². The first-order valence-electron chi connectivity index (χ1n) is 10.0. The van der Waals surface area contributed by atoms with Crippen LogP contribution >= 0.6 is 15.9 Å². The van der Waals surface area contributed by atoms with Crippen molar-refractivity contribution in [3.8, 4) is 11.5 Å². The molecule has 0 heterocycles. The predicted molar refractivity (Wildman–Crippen MR) is 124 cm³/mol. The summed E-state index contributed by atoms with van der Waals surface area (Å²) in [5, 5.41) is 2.94. The van der Waals surface area contributed by atoms with E-state index in [-0.39, 0.29) is 5.91 Å². The Morgan fingerprint density at radius 2 is 1.67 bits per heavy atom. The van der Waals surface area contributed by atoms with E-state index < -0.39 is 0 Å². The second-order valence-corrected chi connectivity index (χ2v) is 8.26. The smallest absolute Gasteiger partial charge is 0.255 e. The number of benzene rings is 3. The Morgan fingerprint density at radius 3 is 2.40 bits per heavy atom. The minimum Gasteiger partial charge on any atom is -0.492 e. The molecule has 0 aromatic heterocycles. The highest BCUT2D eigenvalue weighted by molar-refractivity contribution is 9.10. The second-order valence-electron chi connectivity index (χ2n) is 7.40. The molecule has 0 spiro atoms. The van der Waals surface area contributed by atoms with Crippen molar-refractivity contribution in [3.63, 3.8) is 0 Å². The van der Waals surface area contributed by atoms with Crippen LogP contribution in [0, 0.1) is 5.92 Å². The molecule has 3 rings (SSSR count). The number of hydrogen-bond acceptors (Lipinski definition) is 3. The number of nitrogens with one attached hydrogen (secondary N) is 1. The fraction of sp³-hybridized carbons (Fsp3) is 0.240. The number of carbonyl (C=O) groups is 1. The molecule has 4 nitrogen and oxygen atoms in total. The van der Waals surface area contributed by atoms with Crippen LogP contribution in [0.1, 0.15) is 36.2 Å². The summed E-state index contributed by atoms with van der Waals surface area (Å²) in [4.78, 5) is 12.8. The van der Waals surface area contributed by atoms with Crippen LogP contribution in [0.3, 0.4) is 0 Å². The van der Waals surface area contributed by atoms with Gasteiger partial charge in [0.05, 0.1) is 16.8 Å². The summed E-state index contributed by atoms with van der Waals surface area (Å²) in [6.07, 6.45) is 0.981. The third-order valence-electron chi connectivity index (χ3n) is 4.52. The van der Waals surface area contributed by atoms with Crippen LogP contribution in [0.15, 0.2) is 77.3 Å². The zero-order valence-corrected chi connectivity index (χ0v) is 18.8. The molecular formula is C25H26BrNO3. The van der Waals surface area contributed by atoms with Crippen molar-refractivity contribution in [2.75, 3.05) is 11.9 Å². The Hall–Kier alpha value is -2.79. The lowest BCUT2D eigenvalue weighted by molar-refractivity contribution is 0.102. The molecule has 0 atom stereocenters. The molecule has 3 aromatic carbocycles. The molecule has 30 heavy (non-hydrogen) atoms. The molecule has 1 amide bonds. The lowest BCUT2D eigenvalue weighted by Gasteiger charge is -2.14. The molecule has 0 bridgehead atoms. The Balaban J connectivity index is 1.65. The first-order valence-corrected chi connectivity index (χ1v) is 10.8. The van der Waals surface area contributed by atoms with E-state index in [1.807, 2.05) is 60.7 Å². The highest BCUT2D eigenvalue weighted by atomic mass is 79.9. The van der Waals surface area contributed by atoms with Crippen LogP contribution < -0.4 is 14.8 Å². The number of halogens is 1. The monoisotopic (exact) mass is 467 g/mol. The van der Waals surface area contributed by atoms with E-state index in [1.54, 1.807) is 12.1 Å². The lowest BCUT2D eigenvalue weighted by atomic mass is 10.1. The minimum absolute atomic E-state index is 0.208. The maximum Gasteiger partial charge on any atom is 0.255 e. The van der Waals surface area contributed by atoms with Gasteiger partial charge in [0.2, 0.25) is 0 Å². The Morgan fingerprint density at radius 1 is 0.933 bits per heavy atom. The quantitative estimate of drug-likeness (QED) is 0.380. The summed E-state index contributed by atoms with van der Waals surface area (Å²) >= 11 is 3.50. The molecule has 5 heteroatoms. The van der Waals surface area contributed by atoms with E-state index in [1.165, 1.54) is 0 Å². The normalized spacial score (nSPS) is 10.7. The highest BCUT2D eigenvalue weighted by Crippen LogP contribution is 2.29. The molecule has 3 aromatic rings. The van der Waals surface area contributed by atoms with E-state index >= 15 is 0 Å². The number of carbonyl (C=O) groups excluding carboxylic acids is 1. The van der Waals surface area contributed by atoms with Crippen molar-refractivity contribution >= 4 is 27.5 Å². The summed E-state index contributed by atoms with van der Waals surface area (Å²) < 4.78 is 12.5. The van der Waals surface area contributed by atoms with Gasteiger partial charge < -0.3 is 14.8 Å². The Labute approximate surface area is 186 Å². The number of para-hydroxylation sites is 2. The van der Waals surface area contributed by atoms with Crippen molar-refractivity contribution in [1.29, 1.82) is 0 Å². The Bertz CT molecular complexity index is 973. The summed E-state index contributed by atoms with van der Waals surface area (Å²) in [6.45, 7) is 5.40. The van der Waals surface area contributed by atoms with Crippen molar-refractivity contribution in [1.82, 2.24) is 0 Å². The highest BCUT2D eigenvalue weighted by Gasteiger charge is 2.12. The van der Waals surface area contributed by atoms with E-state index in [0.29, 0.717) is 36.1 Å². The van der Waals surface area contributed by atoms with Crippen LogP contribution in [-0.4, -0.2) is 12.5 Å². The number of anilines is 1. The maximum absolute atomic E-state index is 12.8. The fourth-order valence-corrected chi connectivity index (χ4v) is 3.28. The molecule has 0 aliphatic heterocycles. The summed E-state index contributed by atoms with van der Waals surface area (Å²) in [7, 11) is 0. The van der Waals surface area contributed by atoms with Gasteiger partial charge >= 0.3 is 0 Å². The zero-order chi connectivity index (χ0) is 21.3. The van der Waals surface area contributed by atoms with Gasteiger partial charge in [-0.2, -0.15) is 0 Å². The van der Waals surface area contributed by atoms with Crippen LogP contribution in [0.25, 0.3) is 0 Å². The third kappa shape index (κ3) is 6.36. The average molecular weight is 468 g/mol. The van der Waals surface area contributed by atoms with Crippen LogP contribution in [0.4, 0.5) is 5.69 Å². The van der Waals surface area contributed by atoms with Gasteiger partial charge in [0, 0.05) is 5.56 Å². The van der Waals surface area contributed by atoms with E-state index in [4.69, 9.17) is 9.47 Å². The van der Waals surface area contributed by atoms with E-state index in [0.717, 1.165) is 22.2 Å². The minimum atomic E-state index is -0.208. The molecule has 0 aliphatic carbocycles. The number of rotatable bonds is 9. The van der Waals surface area contributed by atoms with Gasteiger partial charge in [-0.25, -0.2) is 0 Å². The maximum atomic E-state index is 12.8. The van der Waals surface area contributed by atoms with Gasteiger partial charge in [-0.15, -0.1) is 0 Å². The number of ether oxygens (including phenoxy) is 2. The van der Waals surface area contributed by atoms with Gasteiger partial charge in [-0.1, -0.05) is 56.3 Å². The van der Waals surface area contributed by atoms with E-state index in [9.17, 15) is 4.79 Å². The average Bonchev–Trinajstić information content (AvgIpc) is 2.74. The van der Waals surface area contributed by atoms with Gasteiger partial charge in [0.1, 0.15) is 18.1 Å². The third-order valence-corrected chi connectivity index (χ3v) is 5.14. The largest absolute Gasteiger partial charge is 0.492 e. The predicted octanol–water partition coefficient (Wildman–Crippen LogP) is 6.71. The Kier molecular flexibility index (Phi) is 7.91. The molecule has 0 radical (unpaired) electrons. The summed E-state index contributed by atoms with van der Waals surface area (Å²) in [5.41, 5.74) is 2.23. The first kappa shape index (κ1) is 21.9. The zero-order valence-electron chi connectivity index (χ0n) is 17.2. The molecule has 1 N–H and O–H groups in total. The molecular weight excluding hydrogens is 442 g/mol.